The second kappa shape index (κ2) is 10.9. The van der Waals surface area contributed by atoms with Gasteiger partial charge in [0.05, 0.1) is 31.1 Å². The predicted octanol–water partition coefficient (Wildman–Crippen LogP) is 6.39. The molecule has 0 saturated heterocycles. The minimum absolute atomic E-state index is 0.0355. The normalized spacial score (nSPS) is 13.5. The third-order valence-electron chi connectivity index (χ3n) is 6.91. The maximum Gasteiger partial charge on any atom is 0.274 e. The first-order chi connectivity index (χ1) is 18.5. The lowest BCUT2D eigenvalue weighted by Gasteiger charge is -2.23. The molecule has 0 radical (unpaired) electrons. The summed E-state index contributed by atoms with van der Waals surface area (Å²) in [6.45, 7) is 12.2. The van der Waals surface area contributed by atoms with Crippen LogP contribution in [0.4, 0.5) is 11.4 Å². The van der Waals surface area contributed by atoms with E-state index in [2.05, 4.69) is 39.6 Å². The highest BCUT2D eigenvalue weighted by Gasteiger charge is 2.25. The highest BCUT2D eigenvalue weighted by Crippen LogP contribution is 2.34. The molecule has 7 heteroatoms. The number of hydrogen-bond donors (Lipinski definition) is 2. The van der Waals surface area contributed by atoms with E-state index in [4.69, 9.17) is 11.3 Å². The molecule has 1 aliphatic rings. The average molecular weight is 506 g/mol. The number of amides is 1. The molecule has 1 aliphatic carbocycles. The molecule has 38 heavy (non-hydrogen) atoms. The lowest BCUT2D eigenvalue weighted by molar-refractivity contribution is 0.101. The minimum Gasteiger partial charge on any atom is -0.496 e. The molecular weight excluding hydrogens is 474 g/mol. The van der Waals surface area contributed by atoms with Crippen LogP contribution in [-0.2, 0) is 0 Å². The Labute approximate surface area is 223 Å². The number of rotatable bonds is 9. The Morgan fingerprint density at radius 3 is 2.66 bits per heavy atom. The van der Waals surface area contributed by atoms with Crippen LogP contribution in [0.25, 0.3) is 10.5 Å². The van der Waals surface area contributed by atoms with Crippen molar-refractivity contribution >= 4 is 17.3 Å². The number of carbonyl (C=O) groups excluding carboxylic acids is 1. The monoisotopic (exact) mass is 505 g/mol. The predicted molar refractivity (Wildman–Crippen MR) is 149 cm³/mol. The minimum atomic E-state index is -0.268. The molecular formula is C31H31N5O2. The molecule has 0 aliphatic heterocycles. The number of aryl methyl sites for hydroxylation is 1. The number of methoxy groups -OCH3 is 1. The zero-order chi connectivity index (χ0) is 26.6. The second-order valence-electron chi connectivity index (χ2n) is 9.75. The molecule has 1 amide bonds. The molecule has 7 nitrogen and oxygen atoms in total. The summed E-state index contributed by atoms with van der Waals surface area (Å²) < 4.78 is 7.18. The van der Waals surface area contributed by atoms with E-state index >= 15 is 0 Å². The Balaban J connectivity index is 1.44. The molecule has 1 unspecified atom stereocenters. The number of anilines is 1. The first-order valence-corrected chi connectivity index (χ1v) is 12.8. The van der Waals surface area contributed by atoms with Gasteiger partial charge in [-0.1, -0.05) is 36.4 Å². The fourth-order valence-electron chi connectivity index (χ4n) is 4.72. The number of nitrogens with zero attached hydrogens (tertiary/aromatic N) is 3. The van der Waals surface area contributed by atoms with Crippen molar-refractivity contribution in [1.29, 1.82) is 0 Å². The lowest BCUT2D eigenvalue weighted by atomic mass is 9.94. The van der Waals surface area contributed by atoms with Crippen LogP contribution in [0.5, 0.6) is 5.75 Å². The Hall–Kier alpha value is -4.41. The standard InChI is InChI=1S/C31H31N5O2/c1-20-16-28(36(35-20)26-11-6-9-24(18-26)32-3)31(37)34-25-10-5-8-23(17-25)30(33-19-22-14-15-22)27-12-7-13-29(38-4)21(27)2/h5-13,16-18,22,30,33H,14-15,19H2,1-2,4H3,(H,34,37). The number of aromatic nitrogens is 2. The van der Waals surface area contributed by atoms with Gasteiger partial charge in [0.15, 0.2) is 5.69 Å². The number of carbonyl (C=O) groups is 1. The highest BCUT2D eigenvalue weighted by molar-refractivity contribution is 6.03. The van der Waals surface area contributed by atoms with E-state index in [0.29, 0.717) is 22.8 Å². The Bertz CT molecular complexity index is 1510. The fourth-order valence-corrected chi connectivity index (χ4v) is 4.72. The SMILES string of the molecule is [C-]#[N+]c1cccc(-n2nc(C)cc2C(=O)Nc2cccc(C(NCC3CC3)c3cccc(OC)c3C)c2)c1. The van der Waals surface area contributed by atoms with Crippen molar-refractivity contribution in [2.24, 2.45) is 5.92 Å². The molecule has 2 N–H and O–H groups in total. The molecule has 1 saturated carbocycles. The molecule has 3 aromatic carbocycles. The van der Waals surface area contributed by atoms with Gasteiger partial charge in [0.25, 0.3) is 5.91 Å². The van der Waals surface area contributed by atoms with E-state index in [-0.39, 0.29) is 11.9 Å². The summed E-state index contributed by atoms with van der Waals surface area (Å²) in [6.07, 6.45) is 2.53. The van der Waals surface area contributed by atoms with Gasteiger partial charge in [0.2, 0.25) is 0 Å². The maximum atomic E-state index is 13.4. The van der Waals surface area contributed by atoms with Gasteiger partial charge >= 0.3 is 0 Å². The highest BCUT2D eigenvalue weighted by atomic mass is 16.5. The van der Waals surface area contributed by atoms with Gasteiger partial charge in [-0.2, -0.15) is 5.10 Å². The summed E-state index contributed by atoms with van der Waals surface area (Å²) in [5, 5.41) is 11.3. The van der Waals surface area contributed by atoms with Gasteiger partial charge in [-0.3, -0.25) is 4.79 Å². The van der Waals surface area contributed by atoms with Crippen LogP contribution < -0.4 is 15.4 Å². The van der Waals surface area contributed by atoms with Gasteiger partial charge in [-0.25, -0.2) is 9.53 Å². The Morgan fingerprint density at radius 1 is 1.11 bits per heavy atom. The van der Waals surface area contributed by atoms with E-state index in [1.54, 1.807) is 36.1 Å². The van der Waals surface area contributed by atoms with Crippen LogP contribution in [-0.4, -0.2) is 29.3 Å². The topological polar surface area (TPSA) is 72.5 Å². The van der Waals surface area contributed by atoms with Crippen molar-refractivity contribution < 1.29 is 9.53 Å². The zero-order valence-electron chi connectivity index (χ0n) is 21.9. The number of benzene rings is 3. The van der Waals surface area contributed by atoms with Gasteiger partial charge in [-0.15, -0.1) is 0 Å². The lowest BCUT2D eigenvalue weighted by Crippen LogP contribution is -2.25. The first kappa shape index (κ1) is 25.2. The molecule has 0 spiro atoms. The van der Waals surface area contributed by atoms with Gasteiger partial charge in [-0.05, 0) is 92.2 Å². The number of ether oxygens (including phenoxy) is 1. The van der Waals surface area contributed by atoms with Crippen LogP contribution in [0.15, 0.2) is 72.8 Å². The summed E-state index contributed by atoms with van der Waals surface area (Å²) in [7, 11) is 1.69. The fraction of sp³-hybridized carbons (Fsp3) is 0.258. The Kier molecular flexibility index (Phi) is 7.25. The van der Waals surface area contributed by atoms with E-state index < -0.39 is 0 Å². The van der Waals surface area contributed by atoms with E-state index in [1.807, 2.05) is 43.3 Å². The molecule has 1 fully saturated rings. The third kappa shape index (κ3) is 5.46. The molecule has 192 valence electrons. The molecule has 4 aromatic rings. The zero-order valence-corrected chi connectivity index (χ0v) is 21.9. The largest absolute Gasteiger partial charge is 0.496 e. The van der Waals surface area contributed by atoms with Crippen molar-refractivity contribution in [2.45, 2.75) is 32.7 Å². The second-order valence-corrected chi connectivity index (χ2v) is 9.75. The third-order valence-corrected chi connectivity index (χ3v) is 6.91. The van der Waals surface area contributed by atoms with Crippen molar-refractivity contribution in [1.82, 2.24) is 15.1 Å². The molecule has 1 atom stereocenters. The van der Waals surface area contributed by atoms with Crippen LogP contribution in [0.1, 0.15) is 51.8 Å². The summed E-state index contributed by atoms with van der Waals surface area (Å²) in [5.74, 6) is 1.31. The maximum absolute atomic E-state index is 13.4. The number of hydrogen-bond acceptors (Lipinski definition) is 4. The van der Waals surface area contributed by atoms with Crippen LogP contribution in [0, 0.1) is 26.3 Å². The molecule has 0 bridgehead atoms. The smallest absolute Gasteiger partial charge is 0.274 e. The van der Waals surface area contributed by atoms with Crippen LogP contribution in [0.2, 0.25) is 0 Å². The summed E-state index contributed by atoms with van der Waals surface area (Å²) >= 11 is 0. The molecule has 1 heterocycles. The van der Waals surface area contributed by atoms with Crippen LogP contribution in [0.3, 0.4) is 0 Å². The summed E-state index contributed by atoms with van der Waals surface area (Å²) in [4.78, 5) is 16.9. The van der Waals surface area contributed by atoms with Crippen molar-refractivity contribution in [2.75, 3.05) is 19.0 Å². The van der Waals surface area contributed by atoms with Gasteiger partial charge in [0, 0.05) is 5.69 Å². The van der Waals surface area contributed by atoms with Crippen molar-refractivity contribution in [3.8, 4) is 11.4 Å². The average Bonchev–Trinajstić information content (AvgIpc) is 3.68. The number of nitrogens with one attached hydrogen (secondary N) is 2. The summed E-state index contributed by atoms with van der Waals surface area (Å²) in [6, 6.07) is 22.9. The Morgan fingerprint density at radius 2 is 1.89 bits per heavy atom. The van der Waals surface area contributed by atoms with E-state index in [1.165, 1.54) is 12.8 Å². The van der Waals surface area contributed by atoms with E-state index in [0.717, 1.165) is 40.6 Å². The van der Waals surface area contributed by atoms with Crippen LogP contribution >= 0.6 is 0 Å². The van der Waals surface area contributed by atoms with Gasteiger partial charge < -0.3 is 15.4 Å². The van der Waals surface area contributed by atoms with E-state index in [9.17, 15) is 4.79 Å². The summed E-state index contributed by atoms with van der Waals surface area (Å²) in [5.41, 5.74) is 6.30. The first-order valence-electron chi connectivity index (χ1n) is 12.8. The van der Waals surface area contributed by atoms with Crippen molar-refractivity contribution in [3.05, 3.63) is 112 Å². The van der Waals surface area contributed by atoms with Gasteiger partial charge in [0.1, 0.15) is 11.4 Å². The van der Waals surface area contributed by atoms with Crippen molar-refractivity contribution in [3.63, 3.8) is 0 Å². The molecule has 5 rings (SSSR count). The molecule has 1 aromatic heterocycles. The quantitative estimate of drug-likeness (QED) is 0.259.